The maximum absolute atomic E-state index is 15.7. The Morgan fingerprint density at radius 3 is 2.33 bits per heavy atom. The van der Waals surface area contributed by atoms with Gasteiger partial charge in [0.1, 0.15) is 18.2 Å². The number of methoxy groups -OCH3 is 1. The van der Waals surface area contributed by atoms with Crippen LogP contribution in [0.5, 0.6) is 5.75 Å². The first-order chi connectivity index (χ1) is 22.8. The fourth-order valence-corrected chi connectivity index (χ4v) is 8.14. The molecule has 0 aliphatic rings. The van der Waals surface area contributed by atoms with Gasteiger partial charge in [-0.15, -0.1) is 0 Å². The summed E-state index contributed by atoms with van der Waals surface area (Å²) < 4.78 is 79.1. The quantitative estimate of drug-likeness (QED) is 0.107. The van der Waals surface area contributed by atoms with Crippen molar-refractivity contribution in [3.8, 4) is 11.4 Å². The number of nitrogens with zero attached hydrogens (tertiary/aromatic N) is 4. The average molecular weight is 740 g/mol. The zero-order valence-electron chi connectivity index (χ0n) is 28.0. The topological polar surface area (TPSA) is 102 Å². The fourth-order valence-electron chi connectivity index (χ4n) is 5.22. The number of carboxylic acids is 1. The van der Waals surface area contributed by atoms with Gasteiger partial charge in [0.05, 0.1) is 51.6 Å². The highest BCUT2D eigenvalue weighted by Gasteiger charge is 2.32. The number of ether oxygens (including phenoxy) is 1. The molecule has 1 N–H and O–H groups in total. The number of halogens is 4. The fraction of sp³-hybridized carbons (Fsp3) is 0.353. The van der Waals surface area contributed by atoms with Gasteiger partial charge in [-0.3, -0.25) is 9.36 Å². The van der Waals surface area contributed by atoms with E-state index in [1.807, 2.05) is 35.0 Å². The molecular weight excluding hydrogens is 701 g/mol. The minimum Gasteiger partial charge on any atom is -0.494 e. The SMILES string of the molecule is COc1cc(C(C)(C)c2cnc(SCc3c(F)cc(S(=O)(=O)N(CCC[N+](C)(C)C)CC(=O)O)cc3Cl)n2-c2ccc(F)cc2)ccc1F. The number of sulfonamides is 1. The van der Waals surface area contributed by atoms with E-state index in [1.54, 1.807) is 35.0 Å². The number of imidazole rings is 1. The van der Waals surface area contributed by atoms with Gasteiger partial charge >= 0.3 is 5.97 Å². The summed E-state index contributed by atoms with van der Waals surface area (Å²) in [4.78, 5) is 15.7. The van der Waals surface area contributed by atoms with Crippen LogP contribution < -0.4 is 4.74 Å². The van der Waals surface area contributed by atoms with Crippen LogP contribution in [0.1, 0.15) is 37.1 Å². The highest BCUT2D eigenvalue weighted by Crippen LogP contribution is 2.39. The maximum Gasteiger partial charge on any atom is 0.318 e. The van der Waals surface area contributed by atoms with E-state index in [2.05, 4.69) is 4.98 Å². The molecule has 9 nitrogen and oxygen atoms in total. The maximum atomic E-state index is 15.7. The van der Waals surface area contributed by atoms with Gasteiger partial charge in [0.2, 0.25) is 10.0 Å². The normalized spacial score (nSPS) is 12.5. The summed E-state index contributed by atoms with van der Waals surface area (Å²) in [6, 6.07) is 12.2. The van der Waals surface area contributed by atoms with E-state index in [4.69, 9.17) is 16.3 Å². The first-order valence-electron chi connectivity index (χ1n) is 15.2. The zero-order valence-corrected chi connectivity index (χ0v) is 30.4. The predicted octanol–water partition coefficient (Wildman–Crippen LogP) is 6.74. The van der Waals surface area contributed by atoms with E-state index in [1.165, 1.54) is 25.3 Å². The molecule has 4 rings (SSSR count). The van der Waals surface area contributed by atoms with E-state index in [0.717, 1.165) is 28.2 Å². The highest BCUT2D eigenvalue weighted by molar-refractivity contribution is 7.98. The van der Waals surface area contributed by atoms with Crippen molar-refractivity contribution in [2.75, 3.05) is 47.9 Å². The number of rotatable bonds is 15. The molecule has 0 fully saturated rings. The molecule has 0 saturated carbocycles. The van der Waals surface area contributed by atoms with Crippen molar-refractivity contribution in [2.24, 2.45) is 0 Å². The molecular formula is C34H39ClF3N4O5S2+. The summed E-state index contributed by atoms with van der Waals surface area (Å²) in [6.45, 7) is 3.55. The molecule has 1 heterocycles. The lowest BCUT2D eigenvalue weighted by atomic mass is 9.81. The zero-order chi connectivity index (χ0) is 36.3. The molecule has 0 bridgehead atoms. The van der Waals surface area contributed by atoms with E-state index < -0.39 is 50.3 Å². The van der Waals surface area contributed by atoms with Crippen molar-refractivity contribution in [2.45, 2.75) is 41.5 Å². The molecule has 0 spiro atoms. The second-order valence-corrected chi connectivity index (χ2v) is 16.3. The molecule has 0 radical (unpaired) electrons. The standard InChI is InChI=1S/C34H38ClF3N4O5S2/c1-34(2,22-8-13-28(37)30(16-22)47-6)31-19-39-33(41(31)24-11-9-23(36)10-12-24)48-21-26-27(35)17-25(18-29(26)38)49(45,46)40(20-32(43)44)14-7-15-42(3,4)5/h8-13,16-19H,7,14-15,20-21H2,1-6H3/p+1. The van der Waals surface area contributed by atoms with Crippen LogP contribution in [-0.2, 0) is 26.0 Å². The number of aliphatic carboxylic acids is 1. The van der Waals surface area contributed by atoms with Crippen molar-refractivity contribution >= 4 is 39.4 Å². The van der Waals surface area contributed by atoms with Crippen molar-refractivity contribution in [3.05, 3.63) is 100 Å². The van der Waals surface area contributed by atoms with E-state index in [9.17, 15) is 27.1 Å². The minimum absolute atomic E-state index is 0.0122. The third-order valence-corrected chi connectivity index (χ3v) is 11.1. The number of hydrogen-bond donors (Lipinski definition) is 1. The lowest BCUT2D eigenvalue weighted by Crippen LogP contribution is -2.40. The Hall–Kier alpha value is -3.56. The summed E-state index contributed by atoms with van der Waals surface area (Å²) in [5.41, 5.74) is 1.18. The minimum atomic E-state index is -4.40. The predicted molar refractivity (Wildman–Crippen MR) is 183 cm³/mol. The Morgan fingerprint density at radius 1 is 1.06 bits per heavy atom. The molecule has 4 aromatic rings. The highest BCUT2D eigenvalue weighted by atomic mass is 35.5. The molecule has 0 atom stereocenters. The van der Waals surface area contributed by atoms with E-state index in [-0.39, 0.29) is 28.6 Å². The Labute approximate surface area is 293 Å². The Bertz CT molecular complexity index is 1910. The van der Waals surface area contributed by atoms with Gasteiger partial charge in [-0.25, -0.2) is 26.6 Å². The number of carbonyl (C=O) groups is 1. The summed E-state index contributed by atoms with van der Waals surface area (Å²) >= 11 is 7.61. The van der Waals surface area contributed by atoms with Crippen LogP contribution in [0.4, 0.5) is 13.2 Å². The largest absolute Gasteiger partial charge is 0.494 e. The van der Waals surface area contributed by atoms with Gasteiger partial charge in [0, 0.05) is 40.4 Å². The van der Waals surface area contributed by atoms with Gasteiger partial charge in [-0.05, 0) is 54.1 Å². The summed E-state index contributed by atoms with van der Waals surface area (Å²) in [5, 5.41) is 9.64. The number of aromatic nitrogens is 2. The van der Waals surface area contributed by atoms with Gasteiger partial charge in [0.25, 0.3) is 0 Å². The van der Waals surface area contributed by atoms with Crippen LogP contribution in [0.15, 0.2) is 70.8 Å². The van der Waals surface area contributed by atoms with E-state index >= 15 is 4.39 Å². The van der Waals surface area contributed by atoms with Gasteiger partial charge in [-0.1, -0.05) is 43.3 Å². The van der Waals surface area contributed by atoms with Crippen LogP contribution in [-0.4, -0.2) is 85.7 Å². The van der Waals surface area contributed by atoms with Gasteiger partial charge < -0.3 is 14.3 Å². The van der Waals surface area contributed by atoms with Crippen molar-refractivity contribution in [1.29, 1.82) is 0 Å². The van der Waals surface area contributed by atoms with Crippen molar-refractivity contribution in [3.63, 3.8) is 0 Å². The molecule has 0 saturated heterocycles. The molecule has 0 amide bonds. The molecule has 0 aliphatic carbocycles. The average Bonchev–Trinajstić information content (AvgIpc) is 3.44. The number of benzene rings is 3. The summed E-state index contributed by atoms with van der Waals surface area (Å²) in [5.74, 6) is -3.18. The van der Waals surface area contributed by atoms with Crippen molar-refractivity contribution < 1.29 is 40.7 Å². The Morgan fingerprint density at radius 2 is 1.73 bits per heavy atom. The van der Waals surface area contributed by atoms with Crippen LogP contribution >= 0.6 is 23.4 Å². The smallest absolute Gasteiger partial charge is 0.318 e. The Balaban J connectivity index is 1.68. The monoisotopic (exact) mass is 739 g/mol. The van der Waals surface area contributed by atoms with Crippen LogP contribution in [0.2, 0.25) is 5.02 Å². The number of thioether (sulfide) groups is 1. The first-order valence-corrected chi connectivity index (χ1v) is 18.0. The molecule has 49 heavy (non-hydrogen) atoms. The van der Waals surface area contributed by atoms with E-state index in [0.29, 0.717) is 39.5 Å². The van der Waals surface area contributed by atoms with Gasteiger partial charge in [0.15, 0.2) is 16.7 Å². The number of hydrogen-bond acceptors (Lipinski definition) is 6. The second-order valence-electron chi connectivity index (χ2n) is 13.0. The van der Waals surface area contributed by atoms with Crippen molar-refractivity contribution in [1.82, 2.24) is 13.9 Å². The molecule has 1 aromatic heterocycles. The van der Waals surface area contributed by atoms with Crippen LogP contribution in [0, 0.1) is 17.5 Å². The second kappa shape index (κ2) is 15.1. The number of carboxylic acid groups (broad SMARTS) is 1. The molecule has 0 unspecified atom stereocenters. The third-order valence-electron chi connectivity index (χ3n) is 7.97. The molecule has 264 valence electrons. The molecule has 15 heteroatoms. The summed E-state index contributed by atoms with van der Waals surface area (Å²) in [6.07, 6.45) is 2.01. The van der Waals surface area contributed by atoms with Crippen LogP contribution in [0.25, 0.3) is 5.69 Å². The number of quaternary nitrogens is 1. The third kappa shape index (κ3) is 8.97. The Kier molecular flexibility index (Phi) is 11.8. The van der Waals surface area contributed by atoms with Crippen LogP contribution in [0.3, 0.4) is 0 Å². The van der Waals surface area contributed by atoms with Gasteiger partial charge in [-0.2, -0.15) is 4.31 Å². The molecule has 0 aliphatic heterocycles. The lowest BCUT2D eigenvalue weighted by Gasteiger charge is -2.28. The summed E-state index contributed by atoms with van der Waals surface area (Å²) in [7, 11) is 2.76. The lowest BCUT2D eigenvalue weighted by molar-refractivity contribution is -0.870. The molecule has 3 aromatic carbocycles. The first kappa shape index (κ1) is 38.2.